The van der Waals surface area contributed by atoms with Crippen molar-refractivity contribution in [3.05, 3.63) is 33.6 Å². The van der Waals surface area contributed by atoms with Crippen LogP contribution < -0.4 is 11.5 Å². The second kappa shape index (κ2) is 7.30. The summed E-state index contributed by atoms with van der Waals surface area (Å²) in [6.45, 7) is 0.521. The van der Waals surface area contributed by atoms with Crippen LogP contribution >= 0.6 is 35.6 Å². The summed E-state index contributed by atoms with van der Waals surface area (Å²) >= 11 is 11.7. The summed E-state index contributed by atoms with van der Waals surface area (Å²) < 4.78 is 13.5. The topological polar surface area (TPSA) is 52.0 Å². The van der Waals surface area contributed by atoms with E-state index in [9.17, 15) is 4.39 Å². The molecule has 1 atom stereocenters. The number of benzene rings is 1. The molecular formula is C10H14Cl3FN2. The van der Waals surface area contributed by atoms with Gasteiger partial charge in [0.05, 0.1) is 10.0 Å². The maximum Gasteiger partial charge on any atom is 0.129 e. The molecule has 16 heavy (non-hydrogen) atoms. The van der Waals surface area contributed by atoms with Crippen molar-refractivity contribution in [2.75, 3.05) is 6.54 Å². The van der Waals surface area contributed by atoms with Gasteiger partial charge in [0.1, 0.15) is 5.82 Å². The van der Waals surface area contributed by atoms with Crippen LogP contribution in [-0.4, -0.2) is 6.54 Å². The van der Waals surface area contributed by atoms with Gasteiger partial charge in [0.2, 0.25) is 0 Å². The van der Waals surface area contributed by atoms with Gasteiger partial charge < -0.3 is 11.5 Å². The molecule has 0 amide bonds. The van der Waals surface area contributed by atoms with E-state index in [0.717, 1.165) is 6.42 Å². The average molecular weight is 288 g/mol. The van der Waals surface area contributed by atoms with Gasteiger partial charge in [-0.05, 0) is 31.5 Å². The van der Waals surface area contributed by atoms with Crippen LogP contribution in [0.2, 0.25) is 10.0 Å². The van der Waals surface area contributed by atoms with Crippen LogP contribution in [0.4, 0.5) is 4.39 Å². The Bertz CT molecular complexity index is 347. The molecule has 0 aliphatic heterocycles. The minimum absolute atomic E-state index is 0. The summed E-state index contributed by atoms with van der Waals surface area (Å²) in [6.07, 6.45) is 1.32. The molecule has 1 aromatic carbocycles. The van der Waals surface area contributed by atoms with Gasteiger partial charge in [0.15, 0.2) is 0 Å². The second-order valence-electron chi connectivity index (χ2n) is 3.29. The fourth-order valence-electron chi connectivity index (χ4n) is 1.36. The Morgan fingerprint density at radius 3 is 2.50 bits per heavy atom. The van der Waals surface area contributed by atoms with E-state index in [4.69, 9.17) is 34.7 Å². The van der Waals surface area contributed by atoms with Gasteiger partial charge >= 0.3 is 0 Å². The molecule has 0 heterocycles. The molecule has 0 radical (unpaired) electrons. The molecule has 1 rings (SSSR count). The molecule has 0 spiro atoms. The van der Waals surface area contributed by atoms with Crippen molar-refractivity contribution in [2.24, 2.45) is 11.5 Å². The van der Waals surface area contributed by atoms with Crippen molar-refractivity contribution in [2.45, 2.75) is 18.9 Å². The summed E-state index contributed by atoms with van der Waals surface area (Å²) in [6, 6.07) is 2.23. The highest BCUT2D eigenvalue weighted by atomic mass is 35.5. The van der Waals surface area contributed by atoms with Gasteiger partial charge in [-0.2, -0.15) is 0 Å². The number of halogens is 4. The molecular weight excluding hydrogens is 273 g/mol. The van der Waals surface area contributed by atoms with Crippen LogP contribution in [0.15, 0.2) is 12.1 Å². The fourth-order valence-corrected chi connectivity index (χ4v) is 1.82. The van der Waals surface area contributed by atoms with Crippen molar-refractivity contribution in [1.29, 1.82) is 0 Å². The summed E-state index contributed by atoms with van der Waals surface area (Å²) in [5, 5.41) is 0.512. The average Bonchev–Trinajstić information content (AvgIpc) is 2.21. The van der Waals surface area contributed by atoms with E-state index in [2.05, 4.69) is 0 Å². The lowest BCUT2D eigenvalue weighted by molar-refractivity contribution is 0.553. The van der Waals surface area contributed by atoms with Crippen LogP contribution in [0.5, 0.6) is 0 Å². The molecule has 6 heteroatoms. The van der Waals surface area contributed by atoms with Gasteiger partial charge in [-0.1, -0.05) is 23.2 Å². The third kappa shape index (κ3) is 3.75. The summed E-state index contributed by atoms with van der Waals surface area (Å²) in [4.78, 5) is 0. The molecule has 0 aromatic heterocycles. The third-order valence-corrected chi connectivity index (χ3v) is 2.99. The van der Waals surface area contributed by atoms with Crippen LogP contribution in [-0.2, 0) is 0 Å². The molecule has 0 aliphatic rings. The summed E-state index contributed by atoms with van der Waals surface area (Å²) in [7, 11) is 0. The molecule has 1 aromatic rings. The number of hydrogen-bond acceptors (Lipinski definition) is 2. The van der Waals surface area contributed by atoms with Crippen molar-refractivity contribution in [3.8, 4) is 0 Å². The highest BCUT2D eigenvalue weighted by molar-refractivity contribution is 6.42. The second-order valence-corrected chi connectivity index (χ2v) is 4.08. The minimum Gasteiger partial charge on any atom is -0.330 e. The minimum atomic E-state index is -0.459. The predicted molar refractivity (Wildman–Crippen MR) is 68.9 cm³/mol. The van der Waals surface area contributed by atoms with Gasteiger partial charge in [-0.3, -0.25) is 0 Å². The lowest BCUT2D eigenvalue weighted by Crippen LogP contribution is -2.14. The quantitative estimate of drug-likeness (QED) is 0.835. The highest BCUT2D eigenvalue weighted by Crippen LogP contribution is 2.32. The standard InChI is InChI=1S/C10H13Cl2FN2.ClH/c11-6-3-4-7(13)9(10(6)12)8(15)2-1-5-14;/h3-4,8H,1-2,5,14-15H2;1H/t8-;/m1./s1. The first-order chi connectivity index (χ1) is 7.07. The Morgan fingerprint density at radius 2 is 1.94 bits per heavy atom. The van der Waals surface area contributed by atoms with E-state index in [1.165, 1.54) is 12.1 Å². The smallest absolute Gasteiger partial charge is 0.129 e. The normalized spacial score (nSPS) is 12.1. The summed E-state index contributed by atoms with van der Waals surface area (Å²) in [5.74, 6) is -0.422. The highest BCUT2D eigenvalue weighted by Gasteiger charge is 2.17. The molecule has 0 fully saturated rings. The number of nitrogens with two attached hydrogens (primary N) is 2. The SMILES string of the molecule is Cl.NCCC[C@@H](N)c1c(F)ccc(Cl)c1Cl. The molecule has 0 aliphatic carbocycles. The van der Waals surface area contributed by atoms with Gasteiger partial charge in [-0.25, -0.2) is 4.39 Å². The largest absolute Gasteiger partial charge is 0.330 e. The zero-order valence-corrected chi connectivity index (χ0v) is 10.9. The Balaban J connectivity index is 0.00000225. The first-order valence-electron chi connectivity index (χ1n) is 4.67. The number of hydrogen-bond donors (Lipinski definition) is 2. The van der Waals surface area contributed by atoms with Gasteiger partial charge in [-0.15, -0.1) is 12.4 Å². The predicted octanol–water partition coefficient (Wildman–Crippen LogP) is 3.29. The third-order valence-electron chi connectivity index (χ3n) is 2.17. The maximum atomic E-state index is 13.5. The lowest BCUT2D eigenvalue weighted by Gasteiger charge is -2.14. The first-order valence-corrected chi connectivity index (χ1v) is 5.42. The molecule has 2 nitrogen and oxygen atoms in total. The number of rotatable bonds is 4. The van der Waals surface area contributed by atoms with Gasteiger partial charge in [0.25, 0.3) is 0 Å². The van der Waals surface area contributed by atoms with Crippen molar-refractivity contribution in [1.82, 2.24) is 0 Å². The molecule has 92 valence electrons. The van der Waals surface area contributed by atoms with E-state index in [1.807, 2.05) is 0 Å². The molecule has 0 bridgehead atoms. The monoisotopic (exact) mass is 286 g/mol. The lowest BCUT2D eigenvalue weighted by atomic mass is 10.0. The van der Waals surface area contributed by atoms with Crippen LogP contribution in [0.3, 0.4) is 0 Å². The van der Waals surface area contributed by atoms with Crippen LogP contribution in [0, 0.1) is 5.82 Å². The van der Waals surface area contributed by atoms with Gasteiger partial charge in [0, 0.05) is 11.6 Å². The van der Waals surface area contributed by atoms with E-state index in [-0.39, 0.29) is 23.0 Å². The first kappa shape index (κ1) is 15.9. The fraction of sp³-hybridized carbons (Fsp3) is 0.400. The molecule has 4 N–H and O–H groups in total. The Kier molecular flexibility index (Phi) is 7.27. The van der Waals surface area contributed by atoms with E-state index in [0.29, 0.717) is 18.0 Å². The zero-order valence-electron chi connectivity index (χ0n) is 8.55. The molecule has 0 unspecified atom stereocenters. The van der Waals surface area contributed by atoms with E-state index >= 15 is 0 Å². The maximum absolute atomic E-state index is 13.5. The van der Waals surface area contributed by atoms with Crippen molar-refractivity contribution < 1.29 is 4.39 Å². The van der Waals surface area contributed by atoms with Crippen LogP contribution in [0.1, 0.15) is 24.4 Å². The van der Waals surface area contributed by atoms with Crippen LogP contribution in [0.25, 0.3) is 0 Å². The molecule has 0 saturated heterocycles. The van der Waals surface area contributed by atoms with Crippen molar-refractivity contribution in [3.63, 3.8) is 0 Å². The van der Waals surface area contributed by atoms with E-state index in [1.54, 1.807) is 0 Å². The zero-order chi connectivity index (χ0) is 11.4. The summed E-state index contributed by atoms with van der Waals surface area (Å²) in [5.41, 5.74) is 11.4. The van der Waals surface area contributed by atoms with E-state index < -0.39 is 11.9 Å². The Hall–Kier alpha value is -0.0600. The molecule has 0 saturated carbocycles. The Morgan fingerprint density at radius 1 is 1.31 bits per heavy atom. The van der Waals surface area contributed by atoms with Crippen molar-refractivity contribution >= 4 is 35.6 Å². The Labute approximate surface area is 110 Å².